The predicted octanol–water partition coefficient (Wildman–Crippen LogP) is 2.67. The molecule has 16 heavy (non-hydrogen) atoms. The van der Waals surface area contributed by atoms with E-state index in [2.05, 4.69) is 31.3 Å². The third-order valence-electron chi connectivity index (χ3n) is 3.05. The van der Waals surface area contributed by atoms with Crippen LogP contribution >= 0.6 is 0 Å². The lowest BCUT2D eigenvalue weighted by Gasteiger charge is -2.21. The standard InChI is InChI=1S/C14H23NO/c1-4-6-11-7-9-12(10-8-11)14(16)13(5-2)15-3/h7-10,13-16H,4-6H2,1-3H3. The van der Waals surface area contributed by atoms with E-state index in [0.717, 1.165) is 24.8 Å². The Bertz CT molecular complexity index is 290. The molecule has 1 rings (SSSR count). The van der Waals surface area contributed by atoms with Gasteiger partial charge in [0.25, 0.3) is 0 Å². The van der Waals surface area contributed by atoms with E-state index >= 15 is 0 Å². The van der Waals surface area contributed by atoms with Crippen LogP contribution in [-0.2, 0) is 6.42 Å². The number of aliphatic hydroxyl groups is 1. The van der Waals surface area contributed by atoms with Crippen molar-refractivity contribution in [2.45, 2.75) is 45.3 Å². The highest BCUT2D eigenvalue weighted by atomic mass is 16.3. The first kappa shape index (κ1) is 13.2. The van der Waals surface area contributed by atoms with Gasteiger partial charge >= 0.3 is 0 Å². The highest BCUT2D eigenvalue weighted by molar-refractivity contribution is 5.25. The lowest BCUT2D eigenvalue weighted by Crippen LogP contribution is -2.31. The second-order valence-corrected chi connectivity index (χ2v) is 4.24. The van der Waals surface area contributed by atoms with Crippen molar-refractivity contribution in [3.63, 3.8) is 0 Å². The normalized spacial score (nSPS) is 14.8. The van der Waals surface area contributed by atoms with Crippen molar-refractivity contribution < 1.29 is 5.11 Å². The molecular formula is C14H23NO. The fourth-order valence-corrected chi connectivity index (χ4v) is 1.99. The average Bonchev–Trinajstić information content (AvgIpc) is 2.32. The van der Waals surface area contributed by atoms with Crippen molar-refractivity contribution in [3.05, 3.63) is 35.4 Å². The molecule has 0 aliphatic rings. The number of benzene rings is 1. The zero-order chi connectivity index (χ0) is 12.0. The predicted molar refractivity (Wildman–Crippen MR) is 68.5 cm³/mol. The van der Waals surface area contributed by atoms with Gasteiger partial charge in [0.2, 0.25) is 0 Å². The van der Waals surface area contributed by atoms with Crippen molar-refractivity contribution in [1.82, 2.24) is 5.32 Å². The number of hydrogen-bond acceptors (Lipinski definition) is 2. The van der Waals surface area contributed by atoms with E-state index in [-0.39, 0.29) is 6.04 Å². The number of nitrogens with one attached hydrogen (secondary N) is 1. The summed E-state index contributed by atoms with van der Waals surface area (Å²) in [7, 11) is 1.89. The lowest BCUT2D eigenvalue weighted by molar-refractivity contribution is 0.130. The fraction of sp³-hybridized carbons (Fsp3) is 0.571. The summed E-state index contributed by atoms with van der Waals surface area (Å²) in [6.45, 7) is 4.26. The number of hydrogen-bond donors (Lipinski definition) is 2. The van der Waals surface area contributed by atoms with Crippen molar-refractivity contribution >= 4 is 0 Å². The van der Waals surface area contributed by atoms with Gasteiger partial charge in [-0.25, -0.2) is 0 Å². The van der Waals surface area contributed by atoms with Gasteiger partial charge in [-0.2, -0.15) is 0 Å². The molecule has 1 aromatic rings. The Morgan fingerprint density at radius 3 is 2.25 bits per heavy atom. The first-order valence-corrected chi connectivity index (χ1v) is 6.17. The third kappa shape index (κ3) is 3.32. The Balaban J connectivity index is 2.72. The molecule has 1 aromatic carbocycles. The van der Waals surface area contributed by atoms with E-state index in [1.165, 1.54) is 5.56 Å². The van der Waals surface area contributed by atoms with Crippen LogP contribution in [0.15, 0.2) is 24.3 Å². The number of likely N-dealkylation sites (N-methyl/N-ethyl adjacent to an activating group) is 1. The van der Waals surface area contributed by atoms with Crippen LogP contribution in [0.25, 0.3) is 0 Å². The molecule has 2 atom stereocenters. The molecule has 2 unspecified atom stereocenters. The molecule has 0 radical (unpaired) electrons. The first-order valence-electron chi connectivity index (χ1n) is 6.17. The van der Waals surface area contributed by atoms with Gasteiger partial charge in [0.1, 0.15) is 0 Å². The van der Waals surface area contributed by atoms with Gasteiger partial charge in [0.15, 0.2) is 0 Å². The molecule has 0 aromatic heterocycles. The summed E-state index contributed by atoms with van der Waals surface area (Å²) < 4.78 is 0. The molecule has 0 fully saturated rings. The van der Waals surface area contributed by atoms with E-state index in [4.69, 9.17) is 0 Å². The van der Waals surface area contributed by atoms with Crippen molar-refractivity contribution in [3.8, 4) is 0 Å². The zero-order valence-electron chi connectivity index (χ0n) is 10.5. The van der Waals surface area contributed by atoms with E-state index in [0.29, 0.717) is 0 Å². The Labute approximate surface area is 98.7 Å². The Morgan fingerprint density at radius 1 is 1.19 bits per heavy atom. The molecule has 0 saturated carbocycles. The largest absolute Gasteiger partial charge is 0.387 e. The number of aliphatic hydroxyl groups excluding tert-OH is 1. The minimum absolute atomic E-state index is 0.136. The topological polar surface area (TPSA) is 32.3 Å². The van der Waals surface area contributed by atoms with Crippen LogP contribution < -0.4 is 5.32 Å². The third-order valence-corrected chi connectivity index (χ3v) is 3.05. The summed E-state index contributed by atoms with van der Waals surface area (Å²) in [6, 6.07) is 8.44. The molecule has 0 heterocycles. The average molecular weight is 221 g/mol. The Kier molecular flexibility index (Phi) is 5.50. The van der Waals surface area contributed by atoms with Gasteiger partial charge in [-0.1, -0.05) is 44.5 Å². The van der Waals surface area contributed by atoms with Gasteiger partial charge in [0, 0.05) is 6.04 Å². The Morgan fingerprint density at radius 2 is 1.81 bits per heavy atom. The summed E-state index contributed by atoms with van der Waals surface area (Å²) in [5.41, 5.74) is 2.34. The monoisotopic (exact) mass is 221 g/mol. The molecular weight excluding hydrogens is 198 g/mol. The summed E-state index contributed by atoms with van der Waals surface area (Å²) in [4.78, 5) is 0. The lowest BCUT2D eigenvalue weighted by atomic mass is 9.98. The molecule has 0 amide bonds. The molecule has 90 valence electrons. The van der Waals surface area contributed by atoms with Gasteiger partial charge < -0.3 is 10.4 Å². The highest BCUT2D eigenvalue weighted by Gasteiger charge is 2.16. The van der Waals surface area contributed by atoms with Gasteiger partial charge in [-0.15, -0.1) is 0 Å². The fourth-order valence-electron chi connectivity index (χ4n) is 1.99. The molecule has 2 heteroatoms. The molecule has 0 aliphatic heterocycles. The molecule has 0 bridgehead atoms. The quantitative estimate of drug-likeness (QED) is 0.774. The molecule has 0 aliphatic carbocycles. The Hall–Kier alpha value is -0.860. The summed E-state index contributed by atoms with van der Waals surface area (Å²) in [5.74, 6) is 0. The molecule has 2 nitrogen and oxygen atoms in total. The van der Waals surface area contributed by atoms with Crippen LogP contribution in [0.3, 0.4) is 0 Å². The van der Waals surface area contributed by atoms with Crippen LogP contribution in [0, 0.1) is 0 Å². The maximum Gasteiger partial charge on any atom is 0.0942 e. The van der Waals surface area contributed by atoms with Crippen LogP contribution in [-0.4, -0.2) is 18.2 Å². The summed E-state index contributed by atoms with van der Waals surface area (Å²) in [5, 5.41) is 13.3. The van der Waals surface area contributed by atoms with E-state index in [1.807, 2.05) is 19.2 Å². The van der Waals surface area contributed by atoms with Crippen LogP contribution in [0.5, 0.6) is 0 Å². The molecule has 0 spiro atoms. The summed E-state index contributed by atoms with van der Waals surface area (Å²) >= 11 is 0. The van der Waals surface area contributed by atoms with Crippen LogP contribution in [0.2, 0.25) is 0 Å². The smallest absolute Gasteiger partial charge is 0.0942 e. The van der Waals surface area contributed by atoms with Crippen molar-refractivity contribution in [2.75, 3.05) is 7.05 Å². The van der Waals surface area contributed by atoms with E-state index < -0.39 is 6.10 Å². The van der Waals surface area contributed by atoms with Gasteiger partial charge in [0.05, 0.1) is 6.10 Å². The minimum Gasteiger partial charge on any atom is -0.387 e. The summed E-state index contributed by atoms with van der Waals surface area (Å²) in [6.07, 6.45) is 2.79. The minimum atomic E-state index is -0.411. The van der Waals surface area contributed by atoms with Crippen LogP contribution in [0.4, 0.5) is 0 Å². The van der Waals surface area contributed by atoms with Crippen LogP contribution in [0.1, 0.15) is 43.9 Å². The second-order valence-electron chi connectivity index (χ2n) is 4.24. The van der Waals surface area contributed by atoms with E-state index in [9.17, 15) is 5.11 Å². The maximum absolute atomic E-state index is 10.1. The SMILES string of the molecule is CCCc1ccc(C(O)C(CC)NC)cc1. The first-order chi connectivity index (χ1) is 7.72. The van der Waals surface area contributed by atoms with E-state index in [1.54, 1.807) is 0 Å². The number of aryl methyl sites for hydroxylation is 1. The molecule has 2 N–H and O–H groups in total. The molecule has 0 saturated heterocycles. The zero-order valence-corrected chi connectivity index (χ0v) is 10.5. The van der Waals surface area contributed by atoms with Gasteiger partial charge in [-0.05, 0) is 31.0 Å². The van der Waals surface area contributed by atoms with Crippen molar-refractivity contribution in [2.24, 2.45) is 0 Å². The maximum atomic E-state index is 10.1. The van der Waals surface area contributed by atoms with Crippen molar-refractivity contribution in [1.29, 1.82) is 0 Å². The number of rotatable bonds is 6. The second kappa shape index (κ2) is 6.66. The highest BCUT2D eigenvalue weighted by Crippen LogP contribution is 2.19. The van der Waals surface area contributed by atoms with Gasteiger partial charge in [-0.3, -0.25) is 0 Å².